The minimum absolute atomic E-state index is 0.0679. The highest BCUT2D eigenvalue weighted by Crippen LogP contribution is 2.44. The van der Waals surface area contributed by atoms with Crippen LogP contribution in [0.3, 0.4) is 0 Å². The molecule has 0 radical (unpaired) electrons. The van der Waals surface area contributed by atoms with Gasteiger partial charge in [0.15, 0.2) is 0 Å². The number of carbonyl (C=O) groups is 2. The van der Waals surface area contributed by atoms with Gasteiger partial charge >= 0.3 is 0 Å². The molecule has 3 N–H and O–H groups in total. The molecule has 6 rings (SSSR count). The average Bonchev–Trinajstić information content (AvgIpc) is 3.54. The summed E-state index contributed by atoms with van der Waals surface area (Å²) in [6, 6.07) is 23.5. The van der Waals surface area contributed by atoms with Crippen LogP contribution >= 0.6 is 0 Å². The van der Waals surface area contributed by atoms with Gasteiger partial charge < -0.3 is 15.1 Å². The summed E-state index contributed by atoms with van der Waals surface area (Å²) in [5, 5.41) is 13.1. The van der Waals surface area contributed by atoms with E-state index in [4.69, 9.17) is 0 Å². The molecule has 1 aliphatic rings. The number of para-hydroxylation sites is 3. The number of nitrogens with zero attached hydrogens (tertiary/aromatic N) is 1. The molecule has 3 heterocycles. The van der Waals surface area contributed by atoms with E-state index >= 15 is 0 Å². The number of hydrogen-bond acceptors (Lipinski definition) is 3. The number of aromatic amines is 2. The van der Waals surface area contributed by atoms with Gasteiger partial charge in [0.1, 0.15) is 5.76 Å². The van der Waals surface area contributed by atoms with Gasteiger partial charge in [0.2, 0.25) is 0 Å². The maximum Gasteiger partial charge on any atom is 0.300 e. The first-order valence-electron chi connectivity index (χ1n) is 10.6. The van der Waals surface area contributed by atoms with Crippen LogP contribution in [0.4, 0.5) is 5.69 Å². The zero-order valence-electron chi connectivity index (χ0n) is 17.4. The van der Waals surface area contributed by atoms with Gasteiger partial charge in [-0.15, -0.1) is 0 Å². The molecule has 6 nitrogen and oxygen atoms in total. The Morgan fingerprint density at radius 3 is 2.12 bits per heavy atom. The van der Waals surface area contributed by atoms with Crippen LogP contribution < -0.4 is 4.90 Å². The Labute approximate surface area is 188 Å². The fraction of sp³-hybridized carbons (Fsp3) is 0.0370. The molecule has 6 heteroatoms. The Morgan fingerprint density at radius 2 is 1.36 bits per heavy atom. The van der Waals surface area contributed by atoms with Gasteiger partial charge in [0.05, 0.1) is 11.6 Å². The monoisotopic (exact) mass is 433 g/mol. The SMILES string of the molecule is O=C1C(=O)N(c2ccccc2)C(c2c[nH]c3ccccc23)/C1=C(\O)c1c[nH]c2ccccc12. The Morgan fingerprint density at radius 1 is 0.758 bits per heavy atom. The van der Waals surface area contributed by atoms with Crippen molar-refractivity contribution in [1.82, 2.24) is 9.97 Å². The normalized spacial score (nSPS) is 17.9. The summed E-state index contributed by atoms with van der Waals surface area (Å²) in [7, 11) is 0. The van der Waals surface area contributed by atoms with Crippen molar-refractivity contribution in [2.75, 3.05) is 4.90 Å². The summed E-state index contributed by atoms with van der Waals surface area (Å²) in [4.78, 5) is 34.5. The van der Waals surface area contributed by atoms with Crippen LogP contribution in [-0.2, 0) is 9.59 Å². The molecule has 1 unspecified atom stereocenters. The van der Waals surface area contributed by atoms with E-state index in [0.29, 0.717) is 11.3 Å². The number of hydrogen-bond donors (Lipinski definition) is 3. The van der Waals surface area contributed by atoms with Crippen molar-refractivity contribution in [3.63, 3.8) is 0 Å². The van der Waals surface area contributed by atoms with Gasteiger partial charge in [-0.05, 0) is 24.3 Å². The second kappa shape index (κ2) is 7.24. The molecule has 1 saturated heterocycles. The molecule has 1 atom stereocenters. The minimum atomic E-state index is -0.780. The zero-order valence-corrected chi connectivity index (χ0v) is 17.4. The van der Waals surface area contributed by atoms with Crippen molar-refractivity contribution in [2.24, 2.45) is 0 Å². The first-order chi connectivity index (χ1) is 16.1. The average molecular weight is 433 g/mol. The van der Waals surface area contributed by atoms with Crippen LogP contribution in [0.5, 0.6) is 0 Å². The summed E-state index contributed by atoms with van der Waals surface area (Å²) >= 11 is 0. The number of fused-ring (bicyclic) bond motifs is 2. The molecular weight excluding hydrogens is 414 g/mol. The number of amides is 1. The molecule has 0 aliphatic carbocycles. The maximum atomic E-state index is 13.4. The van der Waals surface area contributed by atoms with E-state index in [1.165, 1.54) is 4.90 Å². The Kier molecular flexibility index (Phi) is 4.20. The third-order valence-electron chi connectivity index (χ3n) is 6.24. The fourth-order valence-electron chi connectivity index (χ4n) is 4.71. The number of rotatable bonds is 3. The quantitative estimate of drug-likeness (QED) is 0.206. The molecule has 0 spiro atoms. The maximum absolute atomic E-state index is 13.4. The second-order valence-corrected chi connectivity index (χ2v) is 8.04. The lowest BCUT2D eigenvalue weighted by atomic mass is 9.94. The number of nitrogens with one attached hydrogen (secondary N) is 2. The zero-order chi connectivity index (χ0) is 22.5. The number of aromatic nitrogens is 2. The van der Waals surface area contributed by atoms with Crippen molar-refractivity contribution in [2.45, 2.75) is 6.04 Å². The highest BCUT2D eigenvalue weighted by molar-refractivity contribution is 6.52. The van der Waals surface area contributed by atoms with E-state index in [1.54, 1.807) is 24.5 Å². The van der Waals surface area contributed by atoms with Gasteiger partial charge in [0.25, 0.3) is 11.7 Å². The predicted molar refractivity (Wildman–Crippen MR) is 128 cm³/mol. The number of carbonyl (C=O) groups excluding carboxylic acids is 2. The standard InChI is InChI=1S/C27H19N3O3/c31-25(20-15-29-22-13-7-5-11-18(20)22)23-24(19-14-28-21-12-6-4-10-17(19)21)30(27(33)26(23)32)16-8-2-1-3-9-16/h1-15,24,28-29,31H/b25-23+. The highest BCUT2D eigenvalue weighted by atomic mass is 16.3. The van der Waals surface area contributed by atoms with Crippen molar-refractivity contribution in [1.29, 1.82) is 0 Å². The lowest BCUT2D eigenvalue weighted by Crippen LogP contribution is -2.29. The van der Waals surface area contributed by atoms with E-state index < -0.39 is 17.7 Å². The number of ketones is 1. The summed E-state index contributed by atoms with van der Waals surface area (Å²) in [6.45, 7) is 0. The van der Waals surface area contributed by atoms with Crippen molar-refractivity contribution < 1.29 is 14.7 Å². The van der Waals surface area contributed by atoms with Crippen LogP contribution in [-0.4, -0.2) is 26.8 Å². The molecule has 1 fully saturated rings. The van der Waals surface area contributed by atoms with Crippen LogP contribution in [0.15, 0.2) is 96.8 Å². The largest absolute Gasteiger partial charge is 0.507 e. The Hall–Kier alpha value is -4.58. The second-order valence-electron chi connectivity index (χ2n) is 8.04. The Balaban J connectivity index is 1.64. The molecule has 33 heavy (non-hydrogen) atoms. The summed E-state index contributed by atoms with van der Waals surface area (Å²) in [6.07, 6.45) is 3.47. The third kappa shape index (κ3) is 2.81. The first-order valence-corrected chi connectivity index (χ1v) is 10.6. The fourth-order valence-corrected chi connectivity index (χ4v) is 4.71. The molecule has 160 valence electrons. The Bertz CT molecular complexity index is 1580. The lowest BCUT2D eigenvalue weighted by molar-refractivity contribution is -0.132. The molecule has 2 aromatic heterocycles. The van der Waals surface area contributed by atoms with Crippen molar-refractivity contribution >= 4 is 44.9 Å². The number of anilines is 1. The molecular formula is C27H19N3O3. The molecule has 0 saturated carbocycles. The molecule has 1 aliphatic heterocycles. The van der Waals surface area contributed by atoms with E-state index in [9.17, 15) is 14.7 Å². The van der Waals surface area contributed by atoms with E-state index in [0.717, 1.165) is 27.4 Å². The molecule has 1 amide bonds. The third-order valence-corrected chi connectivity index (χ3v) is 6.24. The van der Waals surface area contributed by atoms with Gasteiger partial charge in [-0.1, -0.05) is 54.6 Å². The van der Waals surface area contributed by atoms with E-state index in [-0.39, 0.29) is 11.3 Å². The number of H-pyrrole nitrogens is 2. The molecule has 5 aromatic rings. The van der Waals surface area contributed by atoms with Gasteiger partial charge in [-0.25, -0.2) is 0 Å². The van der Waals surface area contributed by atoms with Crippen LogP contribution in [0.25, 0.3) is 27.6 Å². The van der Waals surface area contributed by atoms with E-state index in [1.807, 2.05) is 66.7 Å². The smallest absolute Gasteiger partial charge is 0.300 e. The van der Waals surface area contributed by atoms with Gasteiger partial charge in [-0.3, -0.25) is 14.5 Å². The molecule has 3 aromatic carbocycles. The first kappa shape index (κ1) is 19.1. The topological polar surface area (TPSA) is 89.2 Å². The number of benzene rings is 3. The number of aliphatic hydroxyl groups is 1. The van der Waals surface area contributed by atoms with Gasteiger partial charge in [-0.2, -0.15) is 0 Å². The summed E-state index contributed by atoms with van der Waals surface area (Å²) in [5.74, 6) is -1.57. The highest BCUT2D eigenvalue weighted by Gasteiger charge is 2.47. The number of aliphatic hydroxyl groups excluding tert-OH is 1. The van der Waals surface area contributed by atoms with Crippen LogP contribution in [0, 0.1) is 0 Å². The predicted octanol–water partition coefficient (Wildman–Crippen LogP) is 5.28. The minimum Gasteiger partial charge on any atom is -0.507 e. The van der Waals surface area contributed by atoms with Crippen LogP contribution in [0.1, 0.15) is 17.2 Å². The number of Topliss-reactive ketones (excluding diaryl/α,β-unsaturated/α-hetero) is 1. The van der Waals surface area contributed by atoms with Crippen LogP contribution in [0.2, 0.25) is 0 Å². The lowest BCUT2D eigenvalue weighted by Gasteiger charge is -2.24. The van der Waals surface area contributed by atoms with Crippen molar-refractivity contribution in [3.8, 4) is 0 Å². The summed E-state index contributed by atoms with van der Waals surface area (Å²) < 4.78 is 0. The van der Waals surface area contributed by atoms with Crippen molar-refractivity contribution in [3.05, 3.63) is 108 Å². The molecule has 0 bridgehead atoms. The van der Waals surface area contributed by atoms with E-state index in [2.05, 4.69) is 9.97 Å². The van der Waals surface area contributed by atoms with Gasteiger partial charge in [0, 0.05) is 51.0 Å². The summed E-state index contributed by atoms with van der Waals surface area (Å²) in [5.41, 5.74) is 3.61.